The Balaban J connectivity index is 2.91. The van der Waals surface area contributed by atoms with Gasteiger partial charge in [0.2, 0.25) is 5.88 Å². The van der Waals surface area contributed by atoms with Gasteiger partial charge in [0.1, 0.15) is 11.5 Å². The van der Waals surface area contributed by atoms with E-state index in [1.54, 1.807) is 6.92 Å². The first kappa shape index (κ1) is 14.4. The summed E-state index contributed by atoms with van der Waals surface area (Å²) in [5, 5.41) is 9.98. The van der Waals surface area contributed by atoms with Gasteiger partial charge in [0, 0.05) is 10.5 Å². The van der Waals surface area contributed by atoms with Crippen molar-refractivity contribution in [3.63, 3.8) is 0 Å². The van der Waals surface area contributed by atoms with Crippen molar-refractivity contribution in [1.82, 2.24) is 9.55 Å². The molecule has 0 aliphatic heterocycles. The van der Waals surface area contributed by atoms with Crippen LogP contribution in [-0.2, 0) is 6.42 Å². The average Bonchev–Trinajstić information content (AvgIpc) is 2.32. The van der Waals surface area contributed by atoms with Crippen molar-refractivity contribution in [2.75, 3.05) is 0 Å². The molecule has 2 aromatic rings. The second kappa shape index (κ2) is 5.20. The van der Waals surface area contributed by atoms with Crippen molar-refractivity contribution in [2.45, 2.75) is 13.3 Å². The molecule has 0 aliphatic rings. The number of benzene rings is 1. The van der Waals surface area contributed by atoms with Crippen molar-refractivity contribution in [3.8, 4) is 11.6 Å². The third-order valence-corrected chi connectivity index (χ3v) is 3.34. The van der Waals surface area contributed by atoms with Crippen molar-refractivity contribution in [1.29, 1.82) is 0 Å². The molecule has 106 valence electrons. The van der Waals surface area contributed by atoms with Crippen LogP contribution in [-0.4, -0.2) is 14.7 Å². The van der Waals surface area contributed by atoms with Crippen LogP contribution in [0.25, 0.3) is 5.69 Å². The zero-order chi connectivity index (χ0) is 15.0. The Bertz CT molecular complexity index is 775. The van der Waals surface area contributed by atoms with Crippen LogP contribution in [0, 0.1) is 11.6 Å². The summed E-state index contributed by atoms with van der Waals surface area (Å²) < 4.78 is 27.4. The van der Waals surface area contributed by atoms with Gasteiger partial charge in [-0.25, -0.2) is 18.1 Å². The van der Waals surface area contributed by atoms with Crippen LogP contribution < -0.4 is 11.2 Å². The summed E-state index contributed by atoms with van der Waals surface area (Å²) in [5.74, 6) is -2.57. The van der Waals surface area contributed by atoms with Crippen molar-refractivity contribution >= 4 is 15.9 Å². The molecule has 0 aliphatic carbocycles. The second-order valence-electron chi connectivity index (χ2n) is 3.97. The summed E-state index contributed by atoms with van der Waals surface area (Å²) in [6.45, 7) is 1.59. The maximum absolute atomic E-state index is 13.9. The van der Waals surface area contributed by atoms with Gasteiger partial charge in [0.05, 0.1) is 5.56 Å². The maximum atomic E-state index is 13.9. The molecule has 0 radical (unpaired) electrons. The van der Waals surface area contributed by atoms with E-state index >= 15 is 0 Å². The van der Waals surface area contributed by atoms with Gasteiger partial charge in [-0.3, -0.25) is 9.78 Å². The van der Waals surface area contributed by atoms with Crippen molar-refractivity contribution in [3.05, 3.63) is 54.6 Å². The number of aromatic hydroxyl groups is 1. The van der Waals surface area contributed by atoms with E-state index in [1.807, 2.05) is 4.98 Å². The van der Waals surface area contributed by atoms with Crippen LogP contribution in [0.1, 0.15) is 12.5 Å². The number of nitrogens with one attached hydrogen (secondary N) is 1. The summed E-state index contributed by atoms with van der Waals surface area (Å²) >= 11 is 2.93. The van der Waals surface area contributed by atoms with Gasteiger partial charge in [0.15, 0.2) is 5.82 Å². The zero-order valence-corrected chi connectivity index (χ0v) is 11.8. The summed E-state index contributed by atoms with van der Waals surface area (Å²) in [6, 6.07) is 1.52. The number of hydrogen-bond donors (Lipinski definition) is 2. The Morgan fingerprint density at radius 3 is 2.55 bits per heavy atom. The zero-order valence-electron chi connectivity index (χ0n) is 10.2. The fourth-order valence-corrected chi connectivity index (χ4v) is 2.42. The molecule has 2 N–H and O–H groups in total. The molecule has 20 heavy (non-hydrogen) atoms. The SMILES string of the molecule is CCc1c(O)n(-c2c(F)cc(F)cc2Br)c(=O)[nH]c1=O. The van der Waals surface area contributed by atoms with Crippen LogP contribution in [0.5, 0.6) is 5.88 Å². The van der Waals surface area contributed by atoms with Crippen molar-refractivity contribution < 1.29 is 13.9 Å². The highest BCUT2D eigenvalue weighted by molar-refractivity contribution is 9.10. The molecular formula is C12H9BrF2N2O3. The molecule has 1 heterocycles. The molecule has 0 unspecified atom stereocenters. The van der Waals surface area contributed by atoms with Gasteiger partial charge in [-0.1, -0.05) is 6.92 Å². The fraction of sp³-hybridized carbons (Fsp3) is 0.167. The van der Waals surface area contributed by atoms with Gasteiger partial charge in [-0.2, -0.15) is 0 Å². The first-order valence-electron chi connectivity index (χ1n) is 5.58. The van der Waals surface area contributed by atoms with Gasteiger partial charge in [-0.15, -0.1) is 0 Å². The number of hydrogen-bond acceptors (Lipinski definition) is 3. The Hall–Kier alpha value is -1.96. The largest absolute Gasteiger partial charge is 0.494 e. The van der Waals surface area contributed by atoms with Crippen LogP contribution in [0.3, 0.4) is 0 Å². The Kier molecular flexibility index (Phi) is 3.76. The van der Waals surface area contributed by atoms with Crippen LogP contribution in [0.2, 0.25) is 0 Å². The normalized spacial score (nSPS) is 10.8. The third-order valence-electron chi connectivity index (χ3n) is 2.74. The quantitative estimate of drug-likeness (QED) is 0.871. The molecule has 0 amide bonds. The monoisotopic (exact) mass is 346 g/mol. The Morgan fingerprint density at radius 2 is 2.00 bits per heavy atom. The first-order chi connectivity index (χ1) is 9.36. The Labute approximate surface area is 119 Å². The van der Waals surface area contributed by atoms with Gasteiger partial charge >= 0.3 is 5.69 Å². The lowest BCUT2D eigenvalue weighted by molar-refractivity contribution is 0.419. The molecule has 1 aromatic heterocycles. The fourth-order valence-electron chi connectivity index (χ4n) is 1.84. The highest BCUT2D eigenvalue weighted by atomic mass is 79.9. The lowest BCUT2D eigenvalue weighted by Gasteiger charge is -2.13. The van der Waals surface area contributed by atoms with Gasteiger partial charge in [0.25, 0.3) is 5.56 Å². The molecule has 5 nitrogen and oxygen atoms in total. The average molecular weight is 347 g/mol. The number of halogens is 3. The van der Waals surface area contributed by atoms with Crippen LogP contribution >= 0.6 is 15.9 Å². The minimum absolute atomic E-state index is 0.0681. The lowest BCUT2D eigenvalue weighted by atomic mass is 10.2. The first-order valence-corrected chi connectivity index (χ1v) is 6.38. The summed E-state index contributed by atoms with van der Waals surface area (Å²) in [7, 11) is 0. The maximum Gasteiger partial charge on any atom is 0.335 e. The van der Waals surface area contributed by atoms with Crippen LogP contribution in [0.15, 0.2) is 26.2 Å². The lowest BCUT2D eigenvalue weighted by Crippen LogP contribution is -2.31. The molecule has 8 heteroatoms. The van der Waals surface area contributed by atoms with E-state index in [-0.39, 0.29) is 22.1 Å². The van der Waals surface area contributed by atoms with E-state index in [0.717, 1.165) is 6.07 Å². The molecule has 0 saturated heterocycles. The second-order valence-corrected chi connectivity index (χ2v) is 4.82. The predicted octanol–water partition coefficient (Wildman–Crippen LogP) is 1.83. The van der Waals surface area contributed by atoms with E-state index in [4.69, 9.17) is 0 Å². The van der Waals surface area contributed by atoms with E-state index in [0.29, 0.717) is 10.6 Å². The molecule has 0 spiro atoms. The van der Waals surface area contributed by atoms with E-state index in [1.165, 1.54) is 0 Å². The van der Waals surface area contributed by atoms with E-state index in [9.17, 15) is 23.5 Å². The highest BCUT2D eigenvalue weighted by Gasteiger charge is 2.19. The summed E-state index contributed by atoms with van der Waals surface area (Å²) in [5.41, 5.74) is -2.21. The topological polar surface area (TPSA) is 75.1 Å². The van der Waals surface area contributed by atoms with Gasteiger partial charge in [-0.05, 0) is 28.4 Å². The number of rotatable bonds is 2. The van der Waals surface area contributed by atoms with E-state index in [2.05, 4.69) is 15.9 Å². The van der Waals surface area contributed by atoms with E-state index < -0.39 is 28.8 Å². The molecule has 0 atom stereocenters. The summed E-state index contributed by atoms with van der Waals surface area (Å²) in [6.07, 6.45) is 0.141. The highest BCUT2D eigenvalue weighted by Crippen LogP contribution is 2.27. The van der Waals surface area contributed by atoms with Crippen LogP contribution in [0.4, 0.5) is 8.78 Å². The number of nitrogens with zero attached hydrogens (tertiary/aromatic N) is 1. The molecule has 0 saturated carbocycles. The predicted molar refractivity (Wildman–Crippen MR) is 71.3 cm³/mol. The number of H-pyrrole nitrogens is 1. The number of aromatic amines is 1. The molecule has 1 aromatic carbocycles. The molecule has 0 fully saturated rings. The molecule has 0 bridgehead atoms. The molecule has 2 rings (SSSR count). The Morgan fingerprint density at radius 1 is 1.35 bits per heavy atom. The van der Waals surface area contributed by atoms with Crippen molar-refractivity contribution in [2.24, 2.45) is 0 Å². The third kappa shape index (κ3) is 2.26. The smallest absolute Gasteiger partial charge is 0.335 e. The minimum Gasteiger partial charge on any atom is -0.494 e. The van der Waals surface area contributed by atoms with Gasteiger partial charge < -0.3 is 5.11 Å². The summed E-state index contributed by atoms with van der Waals surface area (Å²) in [4.78, 5) is 25.3. The number of aromatic nitrogens is 2. The minimum atomic E-state index is -1.05. The standard InChI is InChI=1S/C12H9BrF2N2O3/c1-2-6-10(18)16-12(20)17(11(6)19)9-7(13)3-5(14)4-8(9)15/h3-4,19H,2H2,1H3,(H,16,18,20). The molecular weight excluding hydrogens is 338 g/mol.